The van der Waals surface area contributed by atoms with Crippen molar-refractivity contribution in [2.75, 3.05) is 14.2 Å². The molecule has 0 amide bonds. The molecule has 0 aliphatic heterocycles. The molecule has 0 aliphatic carbocycles. The van der Waals surface area contributed by atoms with Crippen molar-refractivity contribution in [3.8, 4) is 11.5 Å². The summed E-state index contributed by atoms with van der Waals surface area (Å²) < 4.78 is 10.7. The number of halogens is 2. The van der Waals surface area contributed by atoms with Gasteiger partial charge in [0.15, 0.2) is 0 Å². The van der Waals surface area contributed by atoms with Crippen LogP contribution in [0.2, 0.25) is 5.02 Å². The number of rotatable bonds is 4. The van der Waals surface area contributed by atoms with Gasteiger partial charge in [0.1, 0.15) is 11.5 Å². The maximum atomic E-state index is 6.65. The molecule has 0 radical (unpaired) electrons. The summed E-state index contributed by atoms with van der Waals surface area (Å²) in [7, 11) is 3.24. The van der Waals surface area contributed by atoms with Gasteiger partial charge in [0, 0.05) is 10.6 Å². The fourth-order valence-electron chi connectivity index (χ4n) is 2.20. The van der Waals surface area contributed by atoms with Crippen LogP contribution in [-0.2, 0) is 0 Å². The Labute approximate surface area is 135 Å². The fourth-order valence-corrected chi connectivity index (χ4v) is 2.94. The normalized spacial score (nSPS) is 12.1. The lowest BCUT2D eigenvalue weighted by Crippen LogP contribution is -2.00. The van der Waals surface area contributed by atoms with Crippen molar-refractivity contribution in [2.45, 2.75) is 19.2 Å². The van der Waals surface area contributed by atoms with E-state index in [0.717, 1.165) is 28.0 Å². The third kappa shape index (κ3) is 3.28. The van der Waals surface area contributed by atoms with Gasteiger partial charge in [-0.15, -0.1) is 11.6 Å². The molecule has 1 atom stereocenters. The first-order chi connectivity index (χ1) is 9.97. The van der Waals surface area contributed by atoms with E-state index in [1.54, 1.807) is 14.2 Å². The van der Waals surface area contributed by atoms with Gasteiger partial charge in [-0.25, -0.2) is 0 Å². The Kier molecular flexibility index (Phi) is 5.02. The maximum absolute atomic E-state index is 6.65. The van der Waals surface area contributed by atoms with Crippen molar-refractivity contribution in [1.82, 2.24) is 0 Å². The summed E-state index contributed by atoms with van der Waals surface area (Å²) in [5, 5.41) is 0.254. The van der Waals surface area contributed by atoms with Crippen molar-refractivity contribution >= 4 is 23.2 Å². The van der Waals surface area contributed by atoms with E-state index in [0.29, 0.717) is 10.8 Å². The monoisotopic (exact) mass is 324 g/mol. The van der Waals surface area contributed by atoms with Crippen molar-refractivity contribution < 1.29 is 9.47 Å². The molecule has 0 N–H and O–H groups in total. The SMILES string of the molecule is COc1ccc(OC)c(C(Cl)c2cc(C)c(C)cc2Cl)c1. The van der Waals surface area contributed by atoms with E-state index in [1.165, 1.54) is 0 Å². The van der Waals surface area contributed by atoms with Gasteiger partial charge < -0.3 is 9.47 Å². The number of ether oxygens (including phenoxy) is 2. The number of hydrogen-bond acceptors (Lipinski definition) is 2. The minimum atomic E-state index is -0.401. The van der Waals surface area contributed by atoms with E-state index < -0.39 is 5.38 Å². The highest BCUT2D eigenvalue weighted by molar-refractivity contribution is 6.33. The Hall–Kier alpha value is -1.38. The predicted molar refractivity (Wildman–Crippen MR) is 88.2 cm³/mol. The molecule has 21 heavy (non-hydrogen) atoms. The lowest BCUT2D eigenvalue weighted by Gasteiger charge is -2.18. The Balaban J connectivity index is 2.53. The summed E-state index contributed by atoms with van der Waals surface area (Å²) in [6, 6.07) is 9.52. The van der Waals surface area contributed by atoms with Crippen LogP contribution in [0, 0.1) is 13.8 Å². The molecule has 4 heteroatoms. The molecular weight excluding hydrogens is 307 g/mol. The second-order valence-corrected chi connectivity index (χ2v) is 5.77. The Morgan fingerprint density at radius 1 is 0.905 bits per heavy atom. The molecule has 2 rings (SSSR count). The summed E-state index contributed by atoms with van der Waals surface area (Å²) in [5.41, 5.74) is 4.00. The molecule has 2 aromatic carbocycles. The van der Waals surface area contributed by atoms with Gasteiger partial charge in [0.05, 0.1) is 19.6 Å². The second-order valence-electron chi connectivity index (χ2n) is 4.93. The van der Waals surface area contributed by atoms with Crippen LogP contribution in [0.15, 0.2) is 30.3 Å². The largest absolute Gasteiger partial charge is 0.497 e. The lowest BCUT2D eigenvalue weighted by atomic mass is 9.99. The van der Waals surface area contributed by atoms with E-state index in [4.69, 9.17) is 32.7 Å². The van der Waals surface area contributed by atoms with Crippen LogP contribution < -0.4 is 9.47 Å². The van der Waals surface area contributed by atoms with E-state index in [1.807, 2.05) is 44.2 Å². The van der Waals surface area contributed by atoms with E-state index >= 15 is 0 Å². The van der Waals surface area contributed by atoms with Gasteiger partial charge in [-0.1, -0.05) is 17.7 Å². The summed E-state index contributed by atoms with van der Waals surface area (Å²) in [4.78, 5) is 0. The molecule has 0 aliphatic rings. The zero-order valence-electron chi connectivity index (χ0n) is 12.5. The zero-order chi connectivity index (χ0) is 15.6. The van der Waals surface area contributed by atoms with E-state index in [2.05, 4.69) is 0 Å². The number of benzene rings is 2. The third-order valence-corrected chi connectivity index (χ3v) is 4.39. The Morgan fingerprint density at radius 2 is 1.57 bits per heavy atom. The van der Waals surface area contributed by atoms with Gasteiger partial charge in [-0.3, -0.25) is 0 Å². The summed E-state index contributed by atoms with van der Waals surface area (Å²) in [6.07, 6.45) is 0. The first-order valence-corrected chi connectivity index (χ1v) is 7.42. The van der Waals surface area contributed by atoms with Crippen molar-refractivity contribution in [2.24, 2.45) is 0 Å². The molecule has 0 spiro atoms. The first-order valence-electron chi connectivity index (χ1n) is 6.60. The van der Waals surface area contributed by atoms with Crippen LogP contribution in [-0.4, -0.2) is 14.2 Å². The van der Waals surface area contributed by atoms with Crippen molar-refractivity contribution in [3.05, 3.63) is 57.6 Å². The highest BCUT2D eigenvalue weighted by atomic mass is 35.5. The average molecular weight is 325 g/mol. The van der Waals surface area contributed by atoms with Crippen molar-refractivity contribution in [3.63, 3.8) is 0 Å². The van der Waals surface area contributed by atoms with Crippen molar-refractivity contribution in [1.29, 1.82) is 0 Å². The lowest BCUT2D eigenvalue weighted by molar-refractivity contribution is 0.399. The Morgan fingerprint density at radius 3 is 2.19 bits per heavy atom. The molecule has 2 aromatic rings. The highest BCUT2D eigenvalue weighted by Gasteiger charge is 2.20. The quantitative estimate of drug-likeness (QED) is 0.710. The molecule has 0 heterocycles. The van der Waals surface area contributed by atoms with Crippen LogP contribution in [0.4, 0.5) is 0 Å². The molecule has 0 saturated heterocycles. The molecule has 112 valence electrons. The molecule has 0 fully saturated rings. The minimum absolute atomic E-state index is 0.401. The highest BCUT2D eigenvalue weighted by Crippen LogP contribution is 2.40. The van der Waals surface area contributed by atoms with Gasteiger partial charge in [0.2, 0.25) is 0 Å². The van der Waals surface area contributed by atoms with Crippen LogP contribution in [0.5, 0.6) is 11.5 Å². The molecule has 0 bridgehead atoms. The average Bonchev–Trinajstić information content (AvgIpc) is 2.49. The Bertz CT molecular complexity index is 653. The van der Waals surface area contributed by atoms with Crippen LogP contribution in [0.25, 0.3) is 0 Å². The van der Waals surface area contributed by atoms with Gasteiger partial charge >= 0.3 is 0 Å². The van der Waals surface area contributed by atoms with Gasteiger partial charge in [0.25, 0.3) is 0 Å². The smallest absolute Gasteiger partial charge is 0.124 e. The molecule has 0 aromatic heterocycles. The number of methoxy groups -OCH3 is 2. The minimum Gasteiger partial charge on any atom is -0.497 e. The maximum Gasteiger partial charge on any atom is 0.124 e. The number of hydrogen-bond donors (Lipinski definition) is 0. The molecule has 1 unspecified atom stereocenters. The third-order valence-electron chi connectivity index (χ3n) is 3.60. The summed E-state index contributed by atoms with van der Waals surface area (Å²) >= 11 is 13.0. The van der Waals surface area contributed by atoms with Crippen LogP contribution >= 0.6 is 23.2 Å². The summed E-state index contributed by atoms with van der Waals surface area (Å²) in [6.45, 7) is 4.07. The fraction of sp³-hybridized carbons (Fsp3) is 0.294. The first kappa shape index (κ1) is 16.0. The van der Waals surface area contributed by atoms with E-state index in [-0.39, 0.29) is 0 Å². The predicted octanol–water partition coefficient (Wildman–Crippen LogP) is 5.30. The topological polar surface area (TPSA) is 18.5 Å². The summed E-state index contributed by atoms with van der Waals surface area (Å²) in [5.74, 6) is 1.45. The van der Waals surface area contributed by atoms with Gasteiger partial charge in [-0.05, 0) is 54.8 Å². The zero-order valence-corrected chi connectivity index (χ0v) is 14.0. The number of alkyl halides is 1. The van der Waals surface area contributed by atoms with Crippen LogP contribution in [0.1, 0.15) is 27.6 Å². The van der Waals surface area contributed by atoms with Crippen LogP contribution in [0.3, 0.4) is 0 Å². The van der Waals surface area contributed by atoms with Gasteiger partial charge in [-0.2, -0.15) is 0 Å². The molecule has 0 saturated carbocycles. The molecule has 2 nitrogen and oxygen atoms in total. The second kappa shape index (κ2) is 6.59. The standard InChI is InChI=1S/C17H18Cl2O2/c1-10-7-13(15(18)8-11(10)2)17(19)14-9-12(20-3)5-6-16(14)21-4/h5-9,17H,1-4H3. The number of aryl methyl sites for hydroxylation is 2. The molecular formula is C17H18Cl2O2. The van der Waals surface area contributed by atoms with E-state index in [9.17, 15) is 0 Å².